The number of nitrogens with zero attached hydrogens (tertiary/aromatic N) is 3. The maximum absolute atomic E-state index is 13.9. The van der Waals surface area contributed by atoms with Crippen LogP contribution in [0.25, 0.3) is 55.6 Å². The molecule has 8 heteroatoms. The fourth-order valence-corrected chi connectivity index (χ4v) is 4.38. The molecule has 0 radical (unpaired) electrons. The van der Waals surface area contributed by atoms with Gasteiger partial charge < -0.3 is 15.3 Å². The molecule has 0 saturated carbocycles. The molecule has 0 fully saturated rings. The summed E-state index contributed by atoms with van der Waals surface area (Å²) in [6.45, 7) is 3.70. The van der Waals surface area contributed by atoms with E-state index in [0.29, 0.717) is 17.1 Å². The van der Waals surface area contributed by atoms with Gasteiger partial charge in [0, 0.05) is 52.1 Å². The minimum Gasteiger partial charge on any atom is -0.360 e. The molecule has 0 saturated heterocycles. The van der Waals surface area contributed by atoms with E-state index in [-0.39, 0.29) is 17.6 Å². The number of carbonyl (C=O) groups is 1. The molecule has 0 atom stereocenters. The van der Waals surface area contributed by atoms with E-state index in [0.717, 1.165) is 44.2 Å². The summed E-state index contributed by atoms with van der Waals surface area (Å²) in [5, 5.41) is 3.89. The lowest BCUT2D eigenvalue weighted by molar-refractivity contribution is -0.118. The monoisotopic (exact) mass is 490 g/mol. The Morgan fingerprint density at radius 3 is 2.59 bits per heavy atom. The third-order valence-corrected chi connectivity index (χ3v) is 6.33. The predicted octanol–water partition coefficient (Wildman–Crippen LogP) is 6.57. The van der Waals surface area contributed by atoms with Crippen LogP contribution in [-0.2, 0) is 4.79 Å². The average Bonchev–Trinajstić information content (AvgIpc) is 3.52. The molecule has 6 aromatic rings. The minimum atomic E-state index is -0.309. The van der Waals surface area contributed by atoms with Crippen LogP contribution in [0.5, 0.6) is 0 Å². The largest absolute Gasteiger partial charge is 0.360 e. The zero-order chi connectivity index (χ0) is 25.5. The van der Waals surface area contributed by atoms with Gasteiger partial charge in [0.1, 0.15) is 11.6 Å². The van der Waals surface area contributed by atoms with Gasteiger partial charge in [0.15, 0.2) is 0 Å². The maximum atomic E-state index is 13.9. The number of hydrogen-bond acceptors (Lipinski definition) is 4. The van der Waals surface area contributed by atoms with E-state index in [4.69, 9.17) is 4.98 Å². The van der Waals surface area contributed by atoms with Crippen LogP contribution in [0.15, 0.2) is 79.5 Å². The first kappa shape index (κ1) is 22.6. The molecule has 37 heavy (non-hydrogen) atoms. The van der Waals surface area contributed by atoms with Crippen molar-refractivity contribution in [2.24, 2.45) is 5.92 Å². The van der Waals surface area contributed by atoms with Gasteiger partial charge in [-0.15, -0.1) is 0 Å². The Kier molecular flexibility index (Phi) is 5.49. The Labute approximate surface area is 211 Å². The van der Waals surface area contributed by atoms with Crippen molar-refractivity contribution < 1.29 is 9.18 Å². The number of amides is 1. The van der Waals surface area contributed by atoms with Crippen LogP contribution >= 0.6 is 0 Å². The van der Waals surface area contributed by atoms with Crippen molar-refractivity contribution in [3.05, 3.63) is 85.3 Å². The second-order valence-electron chi connectivity index (χ2n) is 9.25. The van der Waals surface area contributed by atoms with Crippen LogP contribution in [0.4, 0.5) is 10.1 Å². The third kappa shape index (κ3) is 4.23. The molecule has 4 heterocycles. The predicted molar refractivity (Wildman–Crippen MR) is 143 cm³/mol. The van der Waals surface area contributed by atoms with Crippen LogP contribution in [0, 0.1) is 11.7 Å². The standard InChI is InChI=1S/C29H23FN6O/c1-16(2)29(37)34-21-9-19(11-31-12-21)17-6-7-25-22(10-17)24(14-33-25)28-35-26-15-32-13-23(27(26)36-28)18-4-3-5-20(30)8-18/h3-16,33H,1-2H3,(H,34,37)(H,35,36). The molecule has 0 aliphatic heterocycles. The Morgan fingerprint density at radius 2 is 1.76 bits per heavy atom. The SMILES string of the molecule is CC(C)C(=O)Nc1cncc(-c2ccc3[nH]cc(-c4nc5c(-c6cccc(F)c6)cncc5[nH]4)c3c2)c1. The molecule has 6 rings (SSSR count). The molecule has 0 aliphatic rings. The summed E-state index contributed by atoms with van der Waals surface area (Å²) in [5.74, 6) is 0.194. The first-order chi connectivity index (χ1) is 18.0. The molecule has 0 aliphatic carbocycles. The number of fused-ring (bicyclic) bond motifs is 2. The number of rotatable bonds is 5. The maximum Gasteiger partial charge on any atom is 0.226 e. The van der Waals surface area contributed by atoms with Crippen molar-refractivity contribution in [2.45, 2.75) is 13.8 Å². The molecule has 7 nitrogen and oxygen atoms in total. The van der Waals surface area contributed by atoms with Gasteiger partial charge in [-0.1, -0.05) is 32.0 Å². The first-order valence-corrected chi connectivity index (χ1v) is 11.9. The number of H-pyrrole nitrogens is 2. The highest BCUT2D eigenvalue weighted by atomic mass is 19.1. The molecule has 2 aromatic carbocycles. The van der Waals surface area contributed by atoms with Gasteiger partial charge in [-0.3, -0.25) is 14.8 Å². The number of nitrogens with one attached hydrogen (secondary N) is 3. The fraction of sp³-hybridized carbons (Fsp3) is 0.103. The van der Waals surface area contributed by atoms with Gasteiger partial charge in [-0.25, -0.2) is 9.37 Å². The fourth-order valence-electron chi connectivity index (χ4n) is 4.38. The Bertz CT molecular complexity index is 1780. The smallest absolute Gasteiger partial charge is 0.226 e. The number of carbonyl (C=O) groups excluding carboxylic acids is 1. The summed E-state index contributed by atoms with van der Waals surface area (Å²) < 4.78 is 13.9. The summed E-state index contributed by atoms with van der Waals surface area (Å²) in [4.78, 5) is 32.3. The molecule has 182 valence electrons. The van der Waals surface area contributed by atoms with Crippen molar-refractivity contribution in [3.8, 4) is 33.6 Å². The Hall–Kier alpha value is -4.85. The third-order valence-electron chi connectivity index (χ3n) is 6.33. The summed E-state index contributed by atoms with van der Waals surface area (Å²) in [6, 6.07) is 14.4. The van der Waals surface area contributed by atoms with E-state index < -0.39 is 0 Å². The molecular formula is C29H23FN6O. The highest BCUT2D eigenvalue weighted by Gasteiger charge is 2.15. The van der Waals surface area contributed by atoms with Gasteiger partial charge in [0.05, 0.1) is 29.1 Å². The topological polar surface area (TPSA) is 99.3 Å². The van der Waals surface area contributed by atoms with Crippen LogP contribution in [0.3, 0.4) is 0 Å². The zero-order valence-electron chi connectivity index (χ0n) is 20.2. The number of aromatic nitrogens is 5. The first-order valence-electron chi connectivity index (χ1n) is 11.9. The lowest BCUT2D eigenvalue weighted by Gasteiger charge is -2.09. The second kappa shape index (κ2) is 8.98. The summed E-state index contributed by atoms with van der Waals surface area (Å²) in [7, 11) is 0. The van der Waals surface area contributed by atoms with Gasteiger partial charge in [0.2, 0.25) is 5.91 Å². The molecule has 0 unspecified atom stereocenters. The van der Waals surface area contributed by atoms with E-state index in [1.807, 2.05) is 44.3 Å². The van der Waals surface area contributed by atoms with Crippen molar-refractivity contribution >= 4 is 33.5 Å². The molecule has 0 spiro atoms. The van der Waals surface area contributed by atoms with Gasteiger partial charge >= 0.3 is 0 Å². The molecule has 1 amide bonds. The molecular weight excluding hydrogens is 467 g/mol. The number of hydrogen-bond donors (Lipinski definition) is 3. The van der Waals surface area contributed by atoms with Crippen LogP contribution in [-0.4, -0.2) is 30.8 Å². The highest BCUT2D eigenvalue weighted by Crippen LogP contribution is 2.34. The van der Waals surface area contributed by atoms with Crippen LogP contribution < -0.4 is 5.32 Å². The van der Waals surface area contributed by atoms with Crippen molar-refractivity contribution in [1.29, 1.82) is 0 Å². The lowest BCUT2D eigenvalue weighted by Crippen LogP contribution is -2.17. The minimum absolute atomic E-state index is 0.0562. The summed E-state index contributed by atoms with van der Waals surface area (Å²) in [5.41, 5.74) is 7.31. The van der Waals surface area contributed by atoms with Crippen LogP contribution in [0.2, 0.25) is 0 Å². The summed E-state index contributed by atoms with van der Waals surface area (Å²) >= 11 is 0. The quantitative estimate of drug-likeness (QED) is 0.254. The van der Waals surface area contributed by atoms with E-state index >= 15 is 0 Å². The van der Waals surface area contributed by atoms with Gasteiger partial charge in [0.25, 0.3) is 0 Å². The van der Waals surface area contributed by atoms with Crippen molar-refractivity contribution in [2.75, 3.05) is 5.32 Å². The van der Waals surface area contributed by atoms with E-state index in [9.17, 15) is 9.18 Å². The van der Waals surface area contributed by atoms with Crippen molar-refractivity contribution in [1.82, 2.24) is 24.9 Å². The van der Waals surface area contributed by atoms with Crippen LogP contribution in [0.1, 0.15) is 13.8 Å². The van der Waals surface area contributed by atoms with E-state index in [1.54, 1.807) is 30.9 Å². The number of pyridine rings is 2. The number of anilines is 1. The zero-order valence-corrected chi connectivity index (χ0v) is 20.2. The van der Waals surface area contributed by atoms with Gasteiger partial charge in [-0.05, 0) is 41.5 Å². The second-order valence-corrected chi connectivity index (χ2v) is 9.25. The Morgan fingerprint density at radius 1 is 0.892 bits per heavy atom. The highest BCUT2D eigenvalue weighted by molar-refractivity contribution is 6.00. The molecule has 0 bridgehead atoms. The molecule has 3 N–H and O–H groups in total. The van der Waals surface area contributed by atoms with E-state index in [1.165, 1.54) is 12.1 Å². The van der Waals surface area contributed by atoms with Gasteiger partial charge in [-0.2, -0.15) is 0 Å². The lowest BCUT2D eigenvalue weighted by atomic mass is 10.0. The number of aromatic amines is 2. The number of benzene rings is 2. The number of halogens is 1. The Balaban J connectivity index is 1.41. The van der Waals surface area contributed by atoms with Crippen molar-refractivity contribution in [3.63, 3.8) is 0 Å². The van der Waals surface area contributed by atoms with E-state index in [2.05, 4.69) is 31.3 Å². The molecule has 4 aromatic heterocycles. The summed E-state index contributed by atoms with van der Waals surface area (Å²) in [6.07, 6.45) is 8.75. The number of imidazole rings is 1. The average molecular weight is 491 g/mol. The normalized spacial score (nSPS) is 11.5.